The maximum Gasteiger partial charge on any atom is 0.335 e. The Kier molecular flexibility index (Phi) is 9.36. The summed E-state index contributed by atoms with van der Waals surface area (Å²) in [6.07, 6.45) is 13.5. The number of pyridine rings is 1. The van der Waals surface area contributed by atoms with Crippen LogP contribution in [-0.4, -0.2) is 29.6 Å². The van der Waals surface area contributed by atoms with Gasteiger partial charge in [-0.3, -0.25) is 4.79 Å². The molecular weight excluding hydrogens is 506 g/mol. The van der Waals surface area contributed by atoms with Crippen LogP contribution in [0.25, 0.3) is 0 Å². The quantitative estimate of drug-likeness (QED) is 0.256. The van der Waals surface area contributed by atoms with Crippen LogP contribution in [0.5, 0.6) is 5.75 Å². The first kappa shape index (κ1) is 27.1. The maximum atomic E-state index is 15.3. The number of terminal acetylenes is 2. The molecule has 1 aromatic carbocycles. The number of nitrogens with zero attached hydrogens (tertiary/aromatic N) is 2. The zero-order chi connectivity index (χ0) is 26.2. The van der Waals surface area contributed by atoms with E-state index in [0.717, 1.165) is 6.07 Å². The number of aromatic nitrogens is 1. The Morgan fingerprint density at radius 3 is 2.56 bits per heavy atom. The monoisotopic (exact) mass is 528 g/mol. The van der Waals surface area contributed by atoms with Gasteiger partial charge < -0.3 is 14.4 Å². The topological polar surface area (TPSA) is 68.7 Å². The van der Waals surface area contributed by atoms with Gasteiger partial charge in [-0.05, 0) is 50.3 Å². The average Bonchev–Trinajstić information content (AvgIpc) is 2.88. The van der Waals surface area contributed by atoms with Crippen molar-refractivity contribution in [1.29, 1.82) is 0 Å². The van der Waals surface area contributed by atoms with Gasteiger partial charge in [-0.2, -0.15) is 0 Å². The smallest absolute Gasteiger partial charge is 0.335 e. The molecule has 0 radical (unpaired) electrons. The summed E-state index contributed by atoms with van der Waals surface area (Å²) in [6.45, 7) is 1.34. The maximum absolute atomic E-state index is 15.3. The molecule has 6 nitrogen and oxygen atoms in total. The van der Waals surface area contributed by atoms with E-state index >= 15 is 4.39 Å². The third kappa shape index (κ3) is 6.57. The average molecular weight is 529 g/mol. The molecule has 3 rings (SSSR count). The highest BCUT2D eigenvalue weighted by Gasteiger charge is 2.31. The number of halogens is 3. The van der Waals surface area contributed by atoms with Crippen molar-refractivity contribution in [1.82, 2.24) is 4.98 Å². The molecule has 1 aliphatic rings. The lowest BCUT2D eigenvalue weighted by Crippen LogP contribution is -2.34. The highest BCUT2D eigenvalue weighted by molar-refractivity contribution is 6.32. The van der Waals surface area contributed by atoms with Crippen LogP contribution in [0.1, 0.15) is 38.2 Å². The van der Waals surface area contributed by atoms with Crippen LogP contribution in [0.4, 0.5) is 10.1 Å². The van der Waals surface area contributed by atoms with E-state index in [1.807, 2.05) is 0 Å². The molecule has 186 valence electrons. The largest absolute Gasteiger partial charge is 0.476 e. The van der Waals surface area contributed by atoms with Crippen LogP contribution in [0, 0.1) is 30.5 Å². The number of esters is 1. The van der Waals surface area contributed by atoms with Gasteiger partial charge >= 0.3 is 5.97 Å². The number of carbonyl (C=O) groups is 2. The highest BCUT2D eigenvalue weighted by atomic mass is 35.5. The summed E-state index contributed by atoms with van der Waals surface area (Å²) in [7, 11) is 0. The molecule has 1 aliphatic carbocycles. The van der Waals surface area contributed by atoms with Gasteiger partial charge in [-0.25, -0.2) is 14.2 Å². The second-order valence-corrected chi connectivity index (χ2v) is 8.78. The number of benzene rings is 1. The van der Waals surface area contributed by atoms with E-state index in [1.165, 1.54) is 17.2 Å². The Morgan fingerprint density at radius 2 is 1.92 bits per heavy atom. The molecule has 0 saturated heterocycles. The van der Waals surface area contributed by atoms with Crippen molar-refractivity contribution >= 4 is 40.8 Å². The van der Waals surface area contributed by atoms with Crippen LogP contribution in [0.3, 0.4) is 0 Å². The summed E-state index contributed by atoms with van der Waals surface area (Å²) in [5.41, 5.74) is 0.939. The Hall–Kier alpha value is -3.52. The third-order valence-electron chi connectivity index (χ3n) is 5.46. The minimum Gasteiger partial charge on any atom is -0.476 e. The molecular formula is C27H23Cl2FN2O4. The van der Waals surface area contributed by atoms with Gasteiger partial charge in [0, 0.05) is 23.4 Å². The summed E-state index contributed by atoms with van der Waals surface area (Å²) in [5.74, 6) is 2.78. The van der Waals surface area contributed by atoms with Gasteiger partial charge in [0.05, 0.1) is 17.3 Å². The van der Waals surface area contributed by atoms with Crippen LogP contribution in [0.15, 0.2) is 41.6 Å². The lowest BCUT2D eigenvalue weighted by atomic mass is 9.90. The number of rotatable bonds is 8. The molecule has 0 bridgehead atoms. The fraction of sp³-hybridized carbons (Fsp3) is 0.296. The standard InChI is InChI=1S/C27H23Cl2FN2O4/c1-4-12-35-27(34)20-9-7-6-8-19(20)26(33)32(16-18-10-11-25(29)31-15-18)23-14-24(36-17(3)5-2)21(28)13-22(23)30/h1-2,10-11,13-15,17H,6-9,12,16H2,3H3. The Bertz CT molecular complexity index is 1260. The van der Waals surface area contributed by atoms with Crippen LogP contribution in [-0.2, 0) is 20.9 Å². The molecule has 1 unspecified atom stereocenters. The third-order valence-corrected chi connectivity index (χ3v) is 5.98. The van der Waals surface area contributed by atoms with Gasteiger partial charge in [-0.1, -0.05) is 41.1 Å². The highest BCUT2D eigenvalue weighted by Crippen LogP contribution is 2.36. The van der Waals surface area contributed by atoms with Crippen molar-refractivity contribution in [3.63, 3.8) is 0 Å². The fourth-order valence-corrected chi connectivity index (χ4v) is 4.02. The van der Waals surface area contributed by atoms with Crippen LogP contribution >= 0.6 is 23.2 Å². The molecule has 0 spiro atoms. The summed E-state index contributed by atoms with van der Waals surface area (Å²) in [4.78, 5) is 31.8. The normalized spacial score (nSPS) is 13.8. The number of ether oxygens (including phenoxy) is 2. The molecule has 0 aliphatic heterocycles. The lowest BCUT2D eigenvalue weighted by Gasteiger charge is -2.28. The van der Waals surface area contributed by atoms with Gasteiger partial charge in [0.15, 0.2) is 12.7 Å². The first-order chi connectivity index (χ1) is 17.2. The molecule has 9 heteroatoms. The van der Waals surface area contributed by atoms with E-state index < -0.39 is 23.8 Å². The molecule has 2 aromatic rings. The number of amides is 1. The fourth-order valence-electron chi connectivity index (χ4n) is 3.71. The SMILES string of the molecule is C#CCOC(=O)C1=C(C(=O)N(Cc2ccc(Cl)nc2)c2cc(OC(C)C#C)c(Cl)cc2F)CCCC1. The minimum atomic E-state index is -0.760. The summed E-state index contributed by atoms with van der Waals surface area (Å²) in [6, 6.07) is 5.58. The van der Waals surface area contributed by atoms with E-state index in [2.05, 4.69) is 16.8 Å². The minimum absolute atomic E-state index is 0.00524. The van der Waals surface area contributed by atoms with Crippen molar-refractivity contribution in [3.05, 3.63) is 63.2 Å². The molecule has 0 N–H and O–H groups in total. The molecule has 1 aromatic heterocycles. The number of anilines is 1. The van der Waals surface area contributed by atoms with Gasteiger partial charge in [0.25, 0.3) is 5.91 Å². The second kappa shape index (κ2) is 12.4. The Morgan fingerprint density at radius 1 is 1.19 bits per heavy atom. The van der Waals surface area contributed by atoms with Gasteiger partial charge in [0.2, 0.25) is 0 Å². The van der Waals surface area contributed by atoms with Crippen molar-refractivity contribution in [2.24, 2.45) is 0 Å². The van der Waals surface area contributed by atoms with E-state index in [9.17, 15) is 9.59 Å². The number of carbonyl (C=O) groups excluding carboxylic acids is 2. The molecule has 1 amide bonds. The Labute approximate surface area is 219 Å². The van der Waals surface area contributed by atoms with E-state index in [-0.39, 0.29) is 45.9 Å². The first-order valence-corrected chi connectivity index (χ1v) is 11.9. The molecule has 0 saturated carbocycles. The second-order valence-electron chi connectivity index (χ2n) is 7.99. The predicted molar refractivity (Wildman–Crippen MR) is 136 cm³/mol. The molecule has 36 heavy (non-hydrogen) atoms. The van der Waals surface area contributed by atoms with E-state index in [4.69, 9.17) is 45.5 Å². The van der Waals surface area contributed by atoms with E-state index in [1.54, 1.807) is 19.1 Å². The molecule has 1 heterocycles. The molecule has 0 fully saturated rings. The van der Waals surface area contributed by atoms with Crippen molar-refractivity contribution in [2.75, 3.05) is 11.5 Å². The summed E-state index contributed by atoms with van der Waals surface area (Å²) < 4.78 is 26.0. The van der Waals surface area contributed by atoms with Crippen LogP contribution < -0.4 is 9.64 Å². The molecule has 1 atom stereocenters. The number of hydrogen-bond acceptors (Lipinski definition) is 5. The zero-order valence-electron chi connectivity index (χ0n) is 19.5. The summed E-state index contributed by atoms with van der Waals surface area (Å²) in [5, 5.41) is 0.260. The number of hydrogen-bond donors (Lipinski definition) is 0. The van der Waals surface area contributed by atoms with Gasteiger partial charge in [0.1, 0.15) is 16.7 Å². The van der Waals surface area contributed by atoms with Gasteiger partial charge in [-0.15, -0.1) is 12.8 Å². The lowest BCUT2D eigenvalue weighted by molar-refractivity contribution is -0.138. The first-order valence-electron chi connectivity index (χ1n) is 11.1. The van der Waals surface area contributed by atoms with Crippen LogP contribution in [0.2, 0.25) is 10.2 Å². The van der Waals surface area contributed by atoms with Crippen molar-refractivity contribution < 1.29 is 23.5 Å². The predicted octanol–water partition coefficient (Wildman–Crippen LogP) is 5.51. The van der Waals surface area contributed by atoms with Crippen molar-refractivity contribution in [2.45, 2.75) is 45.3 Å². The van der Waals surface area contributed by atoms with Crippen molar-refractivity contribution in [3.8, 4) is 30.4 Å². The summed E-state index contributed by atoms with van der Waals surface area (Å²) >= 11 is 12.1. The van der Waals surface area contributed by atoms with E-state index in [0.29, 0.717) is 31.2 Å². The zero-order valence-corrected chi connectivity index (χ0v) is 21.0. The Balaban J connectivity index is 2.11.